The fraction of sp³-hybridized carbons (Fsp3) is 0.667. The van der Waals surface area contributed by atoms with Gasteiger partial charge in [0.25, 0.3) is 0 Å². The van der Waals surface area contributed by atoms with Crippen molar-refractivity contribution in [2.75, 3.05) is 12.4 Å². The van der Waals surface area contributed by atoms with E-state index in [1.807, 2.05) is 0 Å². The van der Waals surface area contributed by atoms with Gasteiger partial charge in [0.1, 0.15) is 35.2 Å². The van der Waals surface area contributed by atoms with Gasteiger partial charge in [-0.05, 0) is 19.9 Å². The van der Waals surface area contributed by atoms with E-state index in [4.69, 9.17) is 36.4 Å². The molecule has 1 fully saturated rings. The first-order chi connectivity index (χ1) is 14.7. The molecule has 0 aliphatic carbocycles. The number of phosphoric ester groups is 1. The van der Waals surface area contributed by atoms with Crippen molar-refractivity contribution in [1.82, 2.24) is 9.55 Å². The van der Waals surface area contributed by atoms with Crippen LogP contribution in [0.1, 0.15) is 20.1 Å². The lowest BCUT2D eigenvalue weighted by Crippen LogP contribution is -2.50. The van der Waals surface area contributed by atoms with Crippen molar-refractivity contribution in [2.24, 2.45) is 0 Å². The third-order valence-electron chi connectivity index (χ3n) is 4.23. The van der Waals surface area contributed by atoms with E-state index in [-0.39, 0.29) is 5.82 Å². The number of nitrogen functional groups attached to an aromatic ring is 1. The maximum Gasteiger partial charge on any atom is 0.490 e. The molecule has 0 saturated carbocycles. The van der Waals surface area contributed by atoms with E-state index in [1.165, 1.54) is 0 Å². The van der Waals surface area contributed by atoms with E-state index in [9.17, 15) is 37.8 Å². The number of aromatic nitrogens is 2. The van der Waals surface area contributed by atoms with Crippen molar-refractivity contribution >= 4 is 40.9 Å². The topological polar surface area (TPSA) is 250 Å². The number of ether oxygens (including phenoxy) is 1. The second kappa shape index (κ2) is 9.36. The average Bonchev–Trinajstić information content (AvgIpc) is 2.83. The second-order valence-corrected chi connectivity index (χ2v) is 12.3. The van der Waals surface area contributed by atoms with Gasteiger partial charge in [-0.3, -0.25) is 9.09 Å². The number of phosphoric acid groups is 3. The summed E-state index contributed by atoms with van der Waals surface area (Å²) in [6.45, 7) is 0.529. The third kappa shape index (κ3) is 6.67. The maximum atomic E-state index is 13.9. The molecule has 21 heteroatoms. The fourth-order valence-corrected chi connectivity index (χ4v) is 6.57. The normalized spacial score (nSPS) is 30.0. The molecule has 6 atom stereocenters. The molecule has 16 nitrogen and oxygen atoms in total. The predicted octanol–water partition coefficient (Wildman–Crippen LogP) is 0.153. The fourth-order valence-electron chi connectivity index (χ4n) is 2.96. The Kier molecular flexibility index (Phi) is 8.07. The average molecular weight is 562 g/mol. The van der Waals surface area contributed by atoms with E-state index in [0.717, 1.165) is 26.1 Å². The molecule has 1 saturated heterocycles. The van der Waals surface area contributed by atoms with Gasteiger partial charge in [0.2, 0.25) is 0 Å². The van der Waals surface area contributed by atoms with Crippen molar-refractivity contribution in [3.05, 3.63) is 22.7 Å². The number of aliphatic hydroxyl groups is 1. The van der Waals surface area contributed by atoms with Crippen LogP contribution in [-0.4, -0.2) is 63.6 Å². The van der Waals surface area contributed by atoms with Crippen LogP contribution in [0, 0.1) is 0 Å². The SMILES string of the molecule is CC(C)(OP(=O)(O)OP(=O)(O)OP(=O)(O)O)[C@H]1O[C@@H](n2ccc(N)nc2=O)C(Cl)(CF)[C@H]1O. The Bertz CT molecular complexity index is 1100. The second-order valence-electron chi connectivity index (χ2n) is 7.24. The highest BCUT2D eigenvalue weighted by Gasteiger charge is 2.62. The molecule has 0 spiro atoms. The Balaban J connectivity index is 2.34. The van der Waals surface area contributed by atoms with Crippen LogP contribution in [0.3, 0.4) is 0 Å². The van der Waals surface area contributed by atoms with Crippen LogP contribution in [0.4, 0.5) is 10.2 Å². The highest BCUT2D eigenvalue weighted by molar-refractivity contribution is 7.66. The summed E-state index contributed by atoms with van der Waals surface area (Å²) in [6.07, 6.45) is -4.47. The number of anilines is 1. The molecule has 0 radical (unpaired) electrons. The molecule has 2 rings (SSSR count). The highest BCUT2D eigenvalue weighted by atomic mass is 35.5. The van der Waals surface area contributed by atoms with Crippen LogP contribution < -0.4 is 11.4 Å². The third-order valence-corrected chi connectivity index (χ3v) is 8.77. The largest absolute Gasteiger partial charge is 0.490 e. The Morgan fingerprint density at radius 1 is 1.27 bits per heavy atom. The van der Waals surface area contributed by atoms with E-state index >= 15 is 0 Å². The molecule has 1 aromatic heterocycles. The van der Waals surface area contributed by atoms with E-state index in [1.54, 1.807) is 0 Å². The standard InChI is InChI=1S/C12H20ClFN3O13P3/c1-11(2,28-32(23,24)30-33(25,26)29-31(20,21)22)8-7(18)12(13,5-14)9(27-8)17-4-3-6(15)16-10(17)19/h3-4,7-9,18H,5H2,1-2H3,(H,23,24)(H,25,26)(H2,15,16,19)(H2,20,21,22)/t7-,8-,9+,12?/m0/s1. The number of alkyl halides is 2. The molecule has 2 heterocycles. The Morgan fingerprint density at radius 2 is 1.85 bits per heavy atom. The van der Waals surface area contributed by atoms with Crippen LogP contribution in [0.5, 0.6) is 0 Å². The lowest BCUT2D eigenvalue weighted by atomic mass is 9.91. The van der Waals surface area contributed by atoms with Gasteiger partial charge in [-0.15, -0.1) is 11.6 Å². The highest BCUT2D eigenvalue weighted by Crippen LogP contribution is 2.67. The number of hydrogen-bond acceptors (Lipinski definition) is 11. The van der Waals surface area contributed by atoms with Crippen molar-refractivity contribution < 1.29 is 60.6 Å². The van der Waals surface area contributed by atoms with E-state index < -0.39 is 64.7 Å². The number of aliphatic hydroxyl groups excluding tert-OH is 1. The summed E-state index contributed by atoms with van der Waals surface area (Å²) < 4.78 is 66.5. The van der Waals surface area contributed by atoms with Gasteiger partial charge in [0.15, 0.2) is 6.23 Å². The monoisotopic (exact) mass is 561 g/mol. The summed E-state index contributed by atoms with van der Waals surface area (Å²) >= 11 is 6.19. The summed E-state index contributed by atoms with van der Waals surface area (Å²) in [7, 11) is -17.1. The van der Waals surface area contributed by atoms with Crippen LogP contribution >= 0.6 is 35.1 Å². The molecule has 190 valence electrons. The Morgan fingerprint density at radius 3 is 2.33 bits per heavy atom. The molecule has 1 aliphatic heterocycles. The number of rotatable bonds is 9. The summed E-state index contributed by atoms with van der Waals surface area (Å²) in [5.74, 6) is -0.181. The molecular formula is C12H20ClFN3O13P3. The van der Waals surface area contributed by atoms with Crippen molar-refractivity contribution in [3.8, 4) is 0 Å². The molecule has 33 heavy (non-hydrogen) atoms. The zero-order valence-electron chi connectivity index (χ0n) is 16.7. The van der Waals surface area contributed by atoms with E-state index in [2.05, 4.69) is 13.6 Å². The van der Waals surface area contributed by atoms with Crippen LogP contribution in [0.2, 0.25) is 0 Å². The van der Waals surface area contributed by atoms with E-state index in [0.29, 0.717) is 4.57 Å². The zero-order valence-corrected chi connectivity index (χ0v) is 20.1. The van der Waals surface area contributed by atoms with Crippen molar-refractivity contribution in [2.45, 2.75) is 42.8 Å². The van der Waals surface area contributed by atoms with Gasteiger partial charge in [0.05, 0.1) is 0 Å². The number of hydrogen-bond donors (Lipinski definition) is 6. The van der Waals surface area contributed by atoms with Gasteiger partial charge in [0, 0.05) is 6.20 Å². The van der Waals surface area contributed by atoms with Crippen LogP contribution in [0.15, 0.2) is 17.1 Å². The van der Waals surface area contributed by atoms with Gasteiger partial charge in [-0.2, -0.15) is 13.6 Å². The molecule has 0 amide bonds. The number of halogens is 2. The lowest BCUT2D eigenvalue weighted by Gasteiger charge is -2.34. The Labute approximate surface area is 189 Å². The summed E-state index contributed by atoms with van der Waals surface area (Å²) in [5.41, 5.74) is 2.19. The number of nitrogens with zero attached hydrogens (tertiary/aromatic N) is 2. The van der Waals surface area contributed by atoms with Gasteiger partial charge in [-0.25, -0.2) is 22.9 Å². The van der Waals surface area contributed by atoms with Crippen molar-refractivity contribution in [1.29, 1.82) is 0 Å². The summed E-state index contributed by atoms with van der Waals surface area (Å²) in [5, 5.41) is 10.6. The number of nitrogens with two attached hydrogens (primary N) is 1. The minimum Gasteiger partial charge on any atom is -0.388 e. The molecule has 3 unspecified atom stereocenters. The quantitative estimate of drug-likeness (QED) is 0.173. The smallest absolute Gasteiger partial charge is 0.388 e. The molecular weight excluding hydrogens is 542 g/mol. The molecule has 0 bridgehead atoms. The molecule has 1 aromatic rings. The summed E-state index contributed by atoms with van der Waals surface area (Å²) in [4.78, 5) is 49.5. The lowest BCUT2D eigenvalue weighted by molar-refractivity contribution is -0.118. The van der Waals surface area contributed by atoms with Gasteiger partial charge in [-0.1, -0.05) is 0 Å². The summed E-state index contributed by atoms with van der Waals surface area (Å²) in [6, 6.07) is 1.15. The Hall–Kier alpha value is -0.770. The van der Waals surface area contributed by atoms with Gasteiger partial charge >= 0.3 is 29.2 Å². The van der Waals surface area contributed by atoms with Crippen LogP contribution in [-0.2, 0) is 31.6 Å². The minimum atomic E-state index is -5.83. The maximum absolute atomic E-state index is 13.9. The van der Waals surface area contributed by atoms with Gasteiger partial charge < -0.3 is 35.2 Å². The molecule has 7 N–H and O–H groups in total. The molecule has 0 aromatic carbocycles. The predicted molar refractivity (Wildman–Crippen MR) is 106 cm³/mol. The molecule has 1 aliphatic rings. The van der Waals surface area contributed by atoms with Crippen molar-refractivity contribution in [3.63, 3.8) is 0 Å². The zero-order chi connectivity index (χ0) is 25.6. The first kappa shape index (κ1) is 28.5. The first-order valence-corrected chi connectivity index (χ1v) is 13.4. The first-order valence-electron chi connectivity index (χ1n) is 8.51. The van der Waals surface area contributed by atoms with Crippen LogP contribution in [0.25, 0.3) is 0 Å². The minimum absolute atomic E-state index is 0.181.